The molecule has 1 fully saturated rings. The van der Waals surface area contributed by atoms with E-state index in [0.29, 0.717) is 44.0 Å². The van der Waals surface area contributed by atoms with Gasteiger partial charge in [-0.3, -0.25) is 9.69 Å². The summed E-state index contributed by atoms with van der Waals surface area (Å²) in [4.78, 5) is 16.6. The molecule has 144 valence electrons. The zero-order valence-corrected chi connectivity index (χ0v) is 15.3. The SMILES string of the molecule is O=C(c1ccc(-c2ccc(F)cc2)o1)N1CCN(Cc2ccccc2F)CC1. The average Bonchev–Trinajstić information content (AvgIpc) is 3.20. The second-order valence-corrected chi connectivity index (χ2v) is 6.83. The summed E-state index contributed by atoms with van der Waals surface area (Å²) in [6.07, 6.45) is 0. The third kappa shape index (κ3) is 3.97. The number of piperazine rings is 1. The number of halogens is 2. The van der Waals surface area contributed by atoms with Gasteiger partial charge in [0.15, 0.2) is 5.76 Å². The first kappa shape index (κ1) is 18.4. The fraction of sp³-hybridized carbons (Fsp3) is 0.227. The lowest BCUT2D eigenvalue weighted by Crippen LogP contribution is -2.48. The van der Waals surface area contributed by atoms with E-state index in [-0.39, 0.29) is 23.3 Å². The summed E-state index contributed by atoms with van der Waals surface area (Å²) in [5.74, 6) is 0.104. The Morgan fingerprint density at radius 1 is 0.893 bits per heavy atom. The molecule has 28 heavy (non-hydrogen) atoms. The molecule has 0 saturated carbocycles. The molecule has 4 rings (SSSR count). The molecule has 0 N–H and O–H groups in total. The third-order valence-electron chi connectivity index (χ3n) is 4.96. The minimum absolute atomic E-state index is 0.168. The van der Waals surface area contributed by atoms with Crippen molar-refractivity contribution in [3.8, 4) is 11.3 Å². The number of carbonyl (C=O) groups is 1. The second-order valence-electron chi connectivity index (χ2n) is 6.83. The Morgan fingerprint density at radius 2 is 1.61 bits per heavy atom. The largest absolute Gasteiger partial charge is 0.451 e. The van der Waals surface area contributed by atoms with Crippen molar-refractivity contribution in [2.75, 3.05) is 26.2 Å². The summed E-state index contributed by atoms with van der Waals surface area (Å²) < 4.78 is 32.6. The molecule has 0 radical (unpaired) electrons. The molecular weight excluding hydrogens is 362 g/mol. The van der Waals surface area contributed by atoms with E-state index >= 15 is 0 Å². The molecule has 1 aromatic heterocycles. The number of benzene rings is 2. The number of carbonyl (C=O) groups excluding carboxylic acids is 1. The Labute approximate surface area is 162 Å². The van der Waals surface area contributed by atoms with Crippen molar-refractivity contribution >= 4 is 5.91 Å². The molecule has 0 unspecified atom stereocenters. The van der Waals surface area contributed by atoms with E-state index in [0.717, 1.165) is 5.56 Å². The fourth-order valence-corrected chi connectivity index (χ4v) is 3.35. The normalized spacial score (nSPS) is 15.0. The minimum Gasteiger partial charge on any atom is -0.451 e. The molecule has 0 spiro atoms. The highest BCUT2D eigenvalue weighted by Gasteiger charge is 2.24. The van der Waals surface area contributed by atoms with E-state index in [1.807, 2.05) is 6.07 Å². The Kier molecular flexibility index (Phi) is 5.21. The van der Waals surface area contributed by atoms with Gasteiger partial charge in [-0.15, -0.1) is 0 Å². The highest BCUT2D eigenvalue weighted by atomic mass is 19.1. The maximum Gasteiger partial charge on any atom is 0.289 e. The molecule has 0 aliphatic carbocycles. The van der Waals surface area contributed by atoms with Crippen LogP contribution in [0.2, 0.25) is 0 Å². The molecular formula is C22H20F2N2O2. The fourth-order valence-electron chi connectivity index (χ4n) is 3.35. The molecule has 2 aromatic carbocycles. The maximum absolute atomic E-state index is 13.8. The monoisotopic (exact) mass is 382 g/mol. The Bertz CT molecular complexity index is 961. The lowest BCUT2D eigenvalue weighted by Gasteiger charge is -2.34. The van der Waals surface area contributed by atoms with Crippen molar-refractivity contribution in [2.45, 2.75) is 6.54 Å². The van der Waals surface area contributed by atoms with E-state index in [1.165, 1.54) is 18.2 Å². The van der Waals surface area contributed by atoms with Crippen LogP contribution in [-0.4, -0.2) is 41.9 Å². The zero-order chi connectivity index (χ0) is 19.5. The van der Waals surface area contributed by atoms with E-state index in [4.69, 9.17) is 4.42 Å². The van der Waals surface area contributed by atoms with Gasteiger partial charge >= 0.3 is 0 Å². The first-order chi connectivity index (χ1) is 13.6. The number of rotatable bonds is 4. The van der Waals surface area contributed by atoms with Gasteiger partial charge in [0.2, 0.25) is 0 Å². The van der Waals surface area contributed by atoms with Gasteiger partial charge in [-0.1, -0.05) is 18.2 Å². The summed E-state index contributed by atoms with van der Waals surface area (Å²) >= 11 is 0. The number of hydrogen-bond acceptors (Lipinski definition) is 3. The van der Waals surface area contributed by atoms with E-state index in [2.05, 4.69) is 4.90 Å². The zero-order valence-electron chi connectivity index (χ0n) is 15.3. The lowest BCUT2D eigenvalue weighted by molar-refractivity contribution is 0.0597. The lowest BCUT2D eigenvalue weighted by atomic mass is 10.2. The smallest absolute Gasteiger partial charge is 0.289 e. The maximum atomic E-state index is 13.8. The molecule has 1 saturated heterocycles. The van der Waals surface area contributed by atoms with Gasteiger partial charge in [0.05, 0.1) is 0 Å². The average molecular weight is 382 g/mol. The highest BCUT2D eigenvalue weighted by Crippen LogP contribution is 2.23. The van der Waals surface area contributed by atoms with Gasteiger partial charge in [0, 0.05) is 43.9 Å². The van der Waals surface area contributed by atoms with Crippen molar-refractivity contribution in [3.63, 3.8) is 0 Å². The van der Waals surface area contributed by atoms with Crippen molar-refractivity contribution in [3.05, 3.63) is 83.6 Å². The van der Waals surface area contributed by atoms with Crippen LogP contribution in [0.5, 0.6) is 0 Å². The minimum atomic E-state index is -0.320. The second kappa shape index (κ2) is 7.94. The molecule has 6 heteroatoms. The van der Waals surface area contributed by atoms with Crippen LogP contribution in [-0.2, 0) is 6.54 Å². The van der Waals surface area contributed by atoms with Crippen LogP contribution in [0, 0.1) is 11.6 Å². The van der Waals surface area contributed by atoms with Crippen molar-refractivity contribution in [1.82, 2.24) is 9.80 Å². The molecule has 0 bridgehead atoms. The van der Waals surface area contributed by atoms with Crippen LogP contribution in [0.3, 0.4) is 0 Å². The molecule has 0 atom stereocenters. The van der Waals surface area contributed by atoms with Gasteiger partial charge in [-0.2, -0.15) is 0 Å². The molecule has 3 aromatic rings. The van der Waals surface area contributed by atoms with Crippen LogP contribution in [0.25, 0.3) is 11.3 Å². The van der Waals surface area contributed by atoms with Gasteiger partial charge in [0.1, 0.15) is 17.4 Å². The first-order valence-electron chi connectivity index (χ1n) is 9.21. The molecule has 1 amide bonds. The van der Waals surface area contributed by atoms with Crippen LogP contribution >= 0.6 is 0 Å². The first-order valence-corrected chi connectivity index (χ1v) is 9.21. The highest BCUT2D eigenvalue weighted by molar-refractivity contribution is 5.92. The number of nitrogens with zero attached hydrogens (tertiary/aromatic N) is 2. The Hall–Kier alpha value is -2.99. The summed E-state index contributed by atoms with van der Waals surface area (Å²) in [5, 5.41) is 0. The van der Waals surface area contributed by atoms with Gasteiger partial charge < -0.3 is 9.32 Å². The summed E-state index contributed by atoms with van der Waals surface area (Å²) in [6, 6.07) is 16.1. The third-order valence-corrected chi connectivity index (χ3v) is 4.96. The molecule has 2 heterocycles. The predicted molar refractivity (Wildman–Crippen MR) is 102 cm³/mol. The van der Waals surface area contributed by atoms with Gasteiger partial charge in [-0.05, 0) is 42.5 Å². The van der Waals surface area contributed by atoms with Crippen LogP contribution in [0.1, 0.15) is 16.1 Å². The summed E-state index contributed by atoms with van der Waals surface area (Å²) in [7, 11) is 0. The Balaban J connectivity index is 1.36. The van der Waals surface area contributed by atoms with E-state index in [1.54, 1.807) is 41.3 Å². The molecule has 4 nitrogen and oxygen atoms in total. The van der Waals surface area contributed by atoms with Crippen molar-refractivity contribution in [1.29, 1.82) is 0 Å². The van der Waals surface area contributed by atoms with E-state index < -0.39 is 0 Å². The van der Waals surface area contributed by atoms with E-state index in [9.17, 15) is 13.6 Å². The quantitative estimate of drug-likeness (QED) is 0.679. The Morgan fingerprint density at radius 3 is 2.32 bits per heavy atom. The molecule has 1 aliphatic heterocycles. The van der Waals surface area contributed by atoms with Crippen molar-refractivity contribution < 1.29 is 18.0 Å². The van der Waals surface area contributed by atoms with Crippen LogP contribution < -0.4 is 0 Å². The number of amides is 1. The van der Waals surface area contributed by atoms with Crippen molar-refractivity contribution in [2.24, 2.45) is 0 Å². The number of hydrogen-bond donors (Lipinski definition) is 0. The molecule has 1 aliphatic rings. The van der Waals surface area contributed by atoms with Crippen LogP contribution in [0.4, 0.5) is 8.78 Å². The summed E-state index contributed by atoms with van der Waals surface area (Å²) in [5.41, 5.74) is 1.38. The van der Waals surface area contributed by atoms with Crippen LogP contribution in [0.15, 0.2) is 65.1 Å². The van der Waals surface area contributed by atoms with Gasteiger partial charge in [0.25, 0.3) is 5.91 Å². The number of furan rings is 1. The topological polar surface area (TPSA) is 36.7 Å². The van der Waals surface area contributed by atoms with Gasteiger partial charge in [-0.25, -0.2) is 8.78 Å². The predicted octanol–water partition coefficient (Wildman–Crippen LogP) is 4.18. The summed E-state index contributed by atoms with van der Waals surface area (Å²) in [6.45, 7) is 2.99. The standard InChI is InChI=1S/C22H20F2N2O2/c23-18-7-5-16(6-8-18)20-9-10-21(28-20)22(27)26-13-11-25(12-14-26)15-17-3-1-2-4-19(17)24/h1-10H,11-15H2.